The number of nitrogens with two attached hydrogens (primary N) is 1. The SMILES string of the molecule is Cc1ccc(C2C(CN)CCN2C(C)C)cc1Br. The molecule has 2 rings (SSSR count). The number of rotatable bonds is 3. The number of aryl methyl sites for hydroxylation is 1. The lowest BCUT2D eigenvalue weighted by Crippen LogP contribution is -2.33. The van der Waals surface area contributed by atoms with Crippen LogP contribution < -0.4 is 5.73 Å². The van der Waals surface area contributed by atoms with Gasteiger partial charge in [0.2, 0.25) is 0 Å². The summed E-state index contributed by atoms with van der Waals surface area (Å²) < 4.78 is 1.20. The van der Waals surface area contributed by atoms with Crippen molar-refractivity contribution in [3.05, 3.63) is 33.8 Å². The van der Waals surface area contributed by atoms with Gasteiger partial charge in [-0.2, -0.15) is 0 Å². The first kappa shape index (κ1) is 14.0. The van der Waals surface area contributed by atoms with E-state index in [0.29, 0.717) is 18.0 Å². The molecule has 1 fully saturated rings. The van der Waals surface area contributed by atoms with Crippen molar-refractivity contribution in [2.75, 3.05) is 13.1 Å². The summed E-state index contributed by atoms with van der Waals surface area (Å²) in [7, 11) is 0. The lowest BCUT2D eigenvalue weighted by molar-refractivity contribution is 0.184. The summed E-state index contributed by atoms with van der Waals surface area (Å²) in [6.45, 7) is 8.61. The van der Waals surface area contributed by atoms with Crippen LogP contribution in [-0.4, -0.2) is 24.0 Å². The molecule has 2 N–H and O–H groups in total. The van der Waals surface area contributed by atoms with Gasteiger partial charge in [0.15, 0.2) is 0 Å². The third kappa shape index (κ3) is 2.63. The molecule has 100 valence electrons. The van der Waals surface area contributed by atoms with Crippen LogP contribution in [0.2, 0.25) is 0 Å². The van der Waals surface area contributed by atoms with Gasteiger partial charge in [0.25, 0.3) is 0 Å². The van der Waals surface area contributed by atoms with E-state index < -0.39 is 0 Å². The maximum absolute atomic E-state index is 5.95. The number of likely N-dealkylation sites (tertiary alicyclic amines) is 1. The second-order valence-corrected chi connectivity index (χ2v) is 6.42. The highest BCUT2D eigenvalue weighted by atomic mass is 79.9. The third-order valence-electron chi connectivity index (χ3n) is 4.07. The van der Waals surface area contributed by atoms with E-state index in [1.807, 2.05) is 0 Å². The molecule has 0 aromatic heterocycles. The smallest absolute Gasteiger partial charge is 0.0391 e. The second kappa shape index (κ2) is 5.72. The lowest BCUT2D eigenvalue weighted by Gasteiger charge is -2.31. The average Bonchev–Trinajstić information content (AvgIpc) is 2.76. The Morgan fingerprint density at radius 1 is 1.44 bits per heavy atom. The summed E-state index contributed by atoms with van der Waals surface area (Å²) in [5.41, 5.74) is 8.64. The van der Waals surface area contributed by atoms with Crippen LogP contribution in [0.5, 0.6) is 0 Å². The third-order valence-corrected chi connectivity index (χ3v) is 4.92. The molecule has 0 amide bonds. The predicted molar refractivity (Wildman–Crippen MR) is 80.6 cm³/mol. The molecule has 2 nitrogen and oxygen atoms in total. The van der Waals surface area contributed by atoms with Crippen molar-refractivity contribution >= 4 is 15.9 Å². The summed E-state index contributed by atoms with van der Waals surface area (Å²) in [4.78, 5) is 2.58. The molecule has 1 aromatic rings. The fourth-order valence-electron chi connectivity index (χ4n) is 2.97. The van der Waals surface area contributed by atoms with Crippen LogP contribution in [0, 0.1) is 12.8 Å². The quantitative estimate of drug-likeness (QED) is 0.926. The van der Waals surface area contributed by atoms with E-state index in [4.69, 9.17) is 5.73 Å². The molecule has 1 saturated heterocycles. The van der Waals surface area contributed by atoms with Crippen LogP contribution in [0.3, 0.4) is 0 Å². The molecule has 2 unspecified atom stereocenters. The zero-order valence-electron chi connectivity index (χ0n) is 11.5. The van der Waals surface area contributed by atoms with Gasteiger partial charge < -0.3 is 5.73 Å². The highest BCUT2D eigenvalue weighted by Gasteiger charge is 2.35. The van der Waals surface area contributed by atoms with Crippen LogP contribution in [0.4, 0.5) is 0 Å². The highest BCUT2D eigenvalue weighted by Crippen LogP contribution is 2.39. The topological polar surface area (TPSA) is 29.3 Å². The average molecular weight is 311 g/mol. The molecule has 0 radical (unpaired) electrons. The summed E-state index contributed by atoms with van der Waals surface area (Å²) in [6, 6.07) is 7.78. The zero-order valence-corrected chi connectivity index (χ0v) is 13.1. The fraction of sp³-hybridized carbons (Fsp3) is 0.600. The van der Waals surface area contributed by atoms with Crippen molar-refractivity contribution in [1.29, 1.82) is 0 Å². The van der Waals surface area contributed by atoms with Gasteiger partial charge in [-0.25, -0.2) is 0 Å². The molecule has 0 spiro atoms. The van der Waals surface area contributed by atoms with Gasteiger partial charge in [-0.05, 0) is 63.4 Å². The Hall–Kier alpha value is -0.380. The predicted octanol–water partition coefficient (Wildman–Crippen LogP) is 3.49. The van der Waals surface area contributed by atoms with E-state index in [1.54, 1.807) is 0 Å². The van der Waals surface area contributed by atoms with Crippen molar-refractivity contribution in [3.8, 4) is 0 Å². The molecule has 3 heteroatoms. The van der Waals surface area contributed by atoms with E-state index in [1.165, 1.54) is 22.0 Å². The summed E-state index contributed by atoms with van der Waals surface area (Å²) in [5.74, 6) is 0.585. The van der Waals surface area contributed by atoms with E-state index >= 15 is 0 Å². The molecule has 2 atom stereocenters. The molecular weight excluding hydrogens is 288 g/mol. The molecule has 1 aliphatic rings. The summed E-state index contributed by atoms with van der Waals surface area (Å²) >= 11 is 3.64. The van der Waals surface area contributed by atoms with E-state index in [9.17, 15) is 0 Å². The van der Waals surface area contributed by atoms with E-state index in [2.05, 4.69) is 59.8 Å². The Bertz CT molecular complexity index is 417. The first-order chi connectivity index (χ1) is 8.54. The Kier molecular flexibility index (Phi) is 4.46. The standard InChI is InChI=1S/C15H23BrN2/c1-10(2)18-7-6-13(9-17)15(18)12-5-4-11(3)14(16)8-12/h4-5,8,10,13,15H,6-7,9,17H2,1-3H3. The number of benzene rings is 1. The van der Waals surface area contributed by atoms with Crippen LogP contribution in [0.25, 0.3) is 0 Å². The van der Waals surface area contributed by atoms with Gasteiger partial charge in [0, 0.05) is 16.6 Å². The van der Waals surface area contributed by atoms with Crippen LogP contribution >= 0.6 is 15.9 Å². The number of nitrogens with zero attached hydrogens (tertiary/aromatic N) is 1. The second-order valence-electron chi connectivity index (χ2n) is 5.57. The fourth-order valence-corrected chi connectivity index (χ4v) is 3.36. The van der Waals surface area contributed by atoms with Gasteiger partial charge >= 0.3 is 0 Å². The molecule has 18 heavy (non-hydrogen) atoms. The maximum Gasteiger partial charge on any atom is 0.0391 e. The van der Waals surface area contributed by atoms with Crippen molar-refractivity contribution in [3.63, 3.8) is 0 Å². The molecule has 0 aliphatic carbocycles. The van der Waals surface area contributed by atoms with E-state index in [0.717, 1.165) is 13.1 Å². The van der Waals surface area contributed by atoms with Crippen molar-refractivity contribution in [1.82, 2.24) is 4.90 Å². The lowest BCUT2D eigenvalue weighted by atomic mass is 9.93. The molecule has 0 saturated carbocycles. The largest absolute Gasteiger partial charge is 0.330 e. The Balaban J connectivity index is 2.34. The Morgan fingerprint density at radius 2 is 2.17 bits per heavy atom. The molecule has 1 heterocycles. The normalized spacial score (nSPS) is 25.0. The summed E-state index contributed by atoms with van der Waals surface area (Å²) in [5, 5.41) is 0. The van der Waals surface area contributed by atoms with Crippen molar-refractivity contribution < 1.29 is 0 Å². The van der Waals surface area contributed by atoms with Crippen LogP contribution in [-0.2, 0) is 0 Å². The molecular formula is C15H23BrN2. The van der Waals surface area contributed by atoms with Gasteiger partial charge in [0.05, 0.1) is 0 Å². The molecule has 0 bridgehead atoms. The van der Waals surface area contributed by atoms with Crippen molar-refractivity contribution in [2.45, 2.75) is 39.3 Å². The van der Waals surface area contributed by atoms with Gasteiger partial charge in [-0.1, -0.05) is 28.1 Å². The Morgan fingerprint density at radius 3 is 2.72 bits per heavy atom. The van der Waals surface area contributed by atoms with Crippen molar-refractivity contribution in [2.24, 2.45) is 11.7 Å². The first-order valence-electron chi connectivity index (χ1n) is 6.76. The highest BCUT2D eigenvalue weighted by molar-refractivity contribution is 9.10. The minimum absolute atomic E-state index is 0.479. The first-order valence-corrected chi connectivity index (χ1v) is 7.55. The summed E-state index contributed by atoms with van der Waals surface area (Å²) in [6.07, 6.45) is 1.21. The van der Waals surface area contributed by atoms with Gasteiger partial charge in [-0.3, -0.25) is 4.90 Å². The minimum atomic E-state index is 0.479. The number of hydrogen-bond acceptors (Lipinski definition) is 2. The molecule has 1 aliphatic heterocycles. The zero-order chi connectivity index (χ0) is 13.3. The van der Waals surface area contributed by atoms with Gasteiger partial charge in [-0.15, -0.1) is 0 Å². The maximum atomic E-state index is 5.95. The van der Waals surface area contributed by atoms with Crippen LogP contribution in [0.1, 0.15) is 37.4 Å². The number of halogens is 1. The monoisotopic (exact) mass is 310 g/mol. The Labute approximate surface area is 119 Å². The van der Waals surface area contributed by atoms with Crippen LogP contribution in [0.15, 0.2) is 22.7 Å². The molecule has 1 aromatic carbocycles. The number of hydrogen-bond donors (Lipinski definition) is 1. The van der Waals surface area contributed by atoms with Gasteiger partial charge in [0.1, 0.15) is 0 Å². The van der Waals surface area contributed by atoms with E-state index in [-0.39, 0.29) is 0 Å². The minimum Gasteiger partial charge on any atom is -0.330 e.